The van der Waals surface area contributed by atoms with Gasteiger partial charge in [-0.3, -0.25) is 14.6 Å². The van der Waals surface area contributed by atoms with Gasteiger partial charge in [0.15, 0.2) is 0 Å². The Morgan fingerprint density at radius 2 is 2.35 bits per heavy atom. The molecule has 0 bridgehead atoms. The van der Waals surface area contributed by atoms with Gasteiger partial charge in [-0.25, -0.2) is 4.98 Å². The van der Waals surface area contributed by atoms with Crippen LogP contribution >= 0.6 is 0 Å². The molecule has 0 aromatic carbocycles. The van der Waals surface area contributed by atoms with Crippen LogP contribution in [0.4, 0.5) is 5.82 Å². The summed E-state index contributed by atoms with van der Waals surface area (Å²) in [6.07, 6.45) is 2.68. The van der Waals surface area contributed by atoms with Crippen molar-refractivity contribution < 1.29 is 4.79 Å². The topological polar surface area (TPSA) is 48.5 Å². The number of nitrogens with zero attached hydrogens (tertiary/aromatic N) is 3. The van der Waals surface area contributed by atoms with Crippen LogP contribution < -0.4 is 10.2 Å². The quantitative estimate of drug-likeness (QED) is 0.872. The van der Waals surface area contributed by atoms with Crippen LogP contribution in [0.25, 0.3) is 0 Å². The first-order valence-corrected chi connectivity index (χ1v) is 6.94. The van der Waals surface area contributed by atoms with Crippen molar-refractivity contribution in [2.45, 2.75) is 26.8 Å². The van der Waals surface area contributed by atoms with Gasteiger partial charge in [0.05, 0.1) is 6.54 Å². The second-order valence-corrected chi connectivity index (χ2v) is 5.37. The number of hydrogen-bond donors (Lipinski definition) is 1. The van der Waals surface area contributed by atoms with Crippen molar-refractivity contribution in [3.63, 3.8) is 0 Å². The minimum absolute atomic E-state index is 0. The fourth-order valence-corrected chi connectivity index (χ4v) is 2.88. The summed E-state index contributed by atoms with van der Waals surface area (Å²) in [5.41, 5.74) is 1.18. The van der Waals surface area contributed by atoms with Gasteiger partial charge in [-0.1, -0.05) is 13.5 Å². The predicted molar refractivity (Wildman–Crippen MR) is 80.9 cm³/mol. The average molecular weight is 276 g/mol. The lowest BCUT2D eigenvalue weighted by Gasteiger charge is -2.32. The van der Waals surface area contributed by atoms with E-state index in [1.807, 2.05) is 11.0 Å². The largest absolute Gasteiger partial charge is 0.312 e. The molecule has 5 nitrogen and oxygen atoms in total. The van der Waals surface area contributed by atoms with Crippen LogP contribution in [0.5, 0.6) is 0 Å². The first kappa shape index (κ1) is 14.9. The molecule has 1 aromatic heterocycles. The molecule has 1 atom stereocenters. The number of amides is 1. The van der Waals surface area contributed by atoms with Crippen LogP contribution in [0.3, 0.4) is 0 Å². The van der Waals surface area contributed by atoms with E-state index >= 15 is 0 Å². The van der Waals surface area contributed by atoms with Gasteiger partial charge in [-0.15, -0.1) is 0 Å². The minimum Gasteiger partial charge on any atom is -0.312 e. The molecule has 1 fully saturated rings. The van der Waals surface area contributed by atoms with Gasteiger partial charge >= 0.3 is 0 Å². The van der Waals surface area contributed by atoms with E-state index in [2.05, 4.69) is 28.2 Å². The third-order valence-electron chi connectivity index (χ3n) is 3.84. The van der Waals surface area contributed by atoms with Crippen LogP contribution in [-0.2, 0) is 11.2 Å². The van der Waals surface area contributed by atoms with Crippen LogP contribution in [0, 0.1) is 0 Å². The fourth-order valence-electron chi connectivity index (χ4n) is 2.88. The minimum atomic E-state index is 0. The fraction of sp³-hybridized carbons (Fsp3) is 0.600. The molecule has 1 amide bonds. The summed E-state index contributed by atoms with van der Waals surface area (Å²) in [5.74, 6) is 1.03. The summed E-state index contributed by atoms with van der Waals surface area (Å²) in [6.45, 7) is 6.27. The van der Waals surface area contributed by atoms with Gasteiger partial charge in [-0.05, 0) is 25.0 Å². The third kappa shape index (κ3) is 2.99. The van der Waals surface area contributed by atoms with Gasteiger partial charge in [0.1, 0.15) is 5.82 Å². The maximum Gasteiger partial charge on any atom is 0.242 e. The summed E-state index contributed by atoms with van der Waals surface area (Å²) < 4.78 is 0. The number of aromatic nitrogens is 1. The first-order chi connectivity index (χ1) is 9.24. The molecule has 5 heteroatoms. The van der Waals surface area contributed by atoms with Crippen LogP contribution in [0.1, 0.15) is 19.9 Å². The van der Waals surface area contributed by atoms with E-state index in [0.29, 0.717) is 12.6 Å². The number of nitrogens with one attached hydrogen (secondary N) is 1. The highest BCUT2D eigenvalue weighted by atomic mass is 16.2. The first-order valence-electron chi connectivity index (χ1n) is 6.94. The highest BCUT2D eigenvalue weighted by Gasteiger charge is 2.27. The molecule has 1 N–H and O–H groups in total. The standard InChI is InChI=1S/C14H20N4O.CH4/c1-11-9-17(8-6-15-11)10-13(19)18-7-4-12-3-2-5-16-14(12)18;/h2-3,5,11,15H,4,6-10H2,1H3;1H4/t11-;/m1./s1. The molecule has 1 aromatic rings. The Morgan fingerprint density at radius 3 is 3.15 bits per heavy atom. The molecule has 0 spiro atoms. The number of fused-ring (bicyclic) bond motifs is 1. The third-order valence-corrected chi connectivity index (χ3v) is 3.84. The zero-order valence-corrected chi connectivity index (χ0v) is 11.3. The predicted octanol–water partition coefficient (Wildman–Crippen LogP) is 0.900. The Balaban J connectivity index is 0.00000147. The van der Waals surface area contributed by atoms with E-state index in [-0.39, 0.29) is 13.3 Å². The molecule has 1 saturated heterocycles. The maximum atomic E-state index is 12.4. The van der Waals surface area contributed by atoms with Crippen molar-refractivity contribution in [2.24, 2.45) is 0 Å². The number of anilines is 1. The van der Waals surface area contributed by atoms with Crippen molar-refractivity contribution in [1.29, 1.82) is 0 Å². The number of rotatable bonds is 2. The summed E-state index contributed by atoms with van der Waals surface area (Å²) in [7, 11) is 0. The molecule has 3 rings (SSSR count). The van der Waals surface area contributed by atoms with Crippen molar-refractivity contribution >= 4 is 11.7 Å². The molecule has 2 aliphatic heterocycles. The van der Waals surface area contributed by atoms with Crippen LogP contribution in [0.2, 0.25) is 0 Å². The van der Waals surface area contributed by atoms with E-state index in [1.165, 1.54) is 5.56 Å². The van der Waals surface area contributed by atoms with Crippen molar-refractivity contribution in [1.82, 2.24) is 15.2 Å². The van der Waals surface area contributed by atoms with E-state index in [4.69, 9.17) is 0 Å². The number of hydrogen-bond acceptors (Lipinski definition) is 4. The monoisotopic (exact) mass is 276 g/mol. The van der Waals surface area contributed by atoms with E-state index in [0.717, 1.165) is 38.4 Å². The number of carbonyl (C=O) groups is 1. The highest BCUT2D eigenvalue weighted by Crippen LogP contribution is 2.24. The lowest BCUT2D eigenvalue weighted by Crippen LogP contribution is -2.52. The van der Waals surface area contributed by atoms with E-state index in [1.54, 1.807) is 6.20 Å². The smallest absolute Gasteiger partial charge is 0.242 e. The van der Waals surface area contributed by atoms with Crippen molar-refractivity contribution in [3.05, 3.63) is 23.9 Å². The molecule has 0 unspecified atom stereocenters. The zero-order chi connectivity index (χ0) is 13.2. The Morgan fingerprint density at radius 1 is 1.50 bits per heavy atom. The number of piperazine rings is 1. The molecule has 0 radical (unpaired) electrons. The lowest BCUT2D eigenvalue weighted by molar-refractivity contribution is -0.119. The Bertz CT molecular complexity index is 477. The van der Waals surface area contributed by atoms with Crippen molar-refractivity contribution in [2.75, 3.05) is 37.6 Å². The molecule has 0 aliphatic carbocycles. The maximum absolute atomic E-state index is 12.4. The highest BCUT2D eigenvalue weighted by molar-refractivity contribution is 5.95. The van der Waals surface area contributed by atoms with Crippen LogP contribution in [0.15, 0.2) is 18.3 Å². The summed E-state index contributed by atoms with van der Waals surface area (Å²) in [6, 6.07) is 4.46. The normalized spacial score (nSPS) is 22.2. The molecule has 2 aliphatic rings. The van der Waals surface area contributed by atoms with Gasteiger partial charge in [0.2, 0.25) is 5.91 Å². The van der Waals surface area contributed by atoms with Gasteiger partial charge in [0, 0.05) is 38.4 Å². The Kier molecular flexibility index (Phi) is 4.73. The summed E-state index contributed by atoms with van der Waals surface area (Å²) >= 11 is 0. The SMILES string of the molecule is C.C[C@@H]1CN(CC(=O)N2CCc3cccnc32)CCN1. The Labute approximate surface area is 121 Å². The van der Waals surface area contributed by atoms with Crippen LogP contribution in [-0.4, -0.2) is 54.6 Å². The second-order valence-electron chi connectivity index (χ2n) is 5.37. The number of carbonyl (C=O) groups excluding carboxylic acids is 1. The lowest BCUT2D eigenvalue weighted by atomic mass is 10.2. The van der Waals surface area contributed by atoms with Gasteiger partial charge < -0.3 is 5.32 Å². The van der Waals surface area contributed by atoms with Gasteiger partial charge in [-0.2, -0.15) is 0 Å². The molecule has 0 saturated carbocycles. The summed E-state index contributed by atoms with van der Waals surface area (Å²) in [5, 5.41) is 3.39. The molecular formula is C15H24N4O. The molecule has 3 heterocycles. The van der Waals surface area contributed by atoms with E-state index < -0.39 is 0 Å². The molecule has 110 valence electrons. The Hall–Kier alpha value is -1.46. The van der Waals surface area contributed by atoms with Crippen molar-refractivity contribution in [3.8, 4) is 0 Å². The van der Waals surface area contributed by atoms with E-state index in [9.17, 15) is 4.79 Å². The molecule has 20 heavy (non-hydrogen) atoms. The number of pyridine rings is 1. The molecular weight excluding hydrogens is 252 g/mol. The zero-order valence-electron chi connectivity index (χ0n) is 11.3. The average Bonchev–Trinajstić information content (AvgIpc) is 2.82. The summed E-state index contributed by atoms with van der Waals surface area (Å²) in [4.78, 5) is 20.8. The second kappa shape index (κ2) is 6.33. The van der Waals surface area contributed by atoms with Gasteiger partial charge in [0.25, 0.3) is 0 Å².